The first-order chi connectivity index (χ1) is 9.63. The minimum Gasteiger partial charge on any atom is -0.480 e. The van der Waals surface area contributed by atoms with E-state index in [9.17, 15) is 9.59 Å². The molecular weight excluding hydrogens is 260 g/mol. The Hall–Kier alpha value is -2.39. The van der Waals surface area contributed by atoms with Crippen molar-refractivity contribution < 1.29 is 19.4 Å². The van der Waals surface area contributed by atoms with Gasteiger partial charge in [0.1, 0.15) is 0 Å². The van der Waals surface area contributed by atoms with Gasteiger partial charge in [-0.15, -0.1) is 0 Å². The lowest BCUT2D eigenvalue weighted by atomic mass is 10.1. The van der Waals surface area contributed by atoms with Gasteiger partial charge in [-0.3, -0.25) is 4.79 Å². The number of nitriles is 1. The molecule has 20 heavy (non-hydrogen) atoms. The van der Waals surface area contributed by atoms with E-state index < -0.39 is 12.0 Å². The van der Waals surface area contributed by atoms with Gasteiger partial charge in [-0.25, -0.2) is 4.79 Å². The van der Waals surface area contributed by atoms with E-state index in [2.05, 4.69) is 0 Å². The van der Waals surface area contributed by atoms with Crippen molar-refractivity contribution in [2.75, 3.05) is 19.8 Å². The number of hydrogen-bond acceptors (Lipinski definition) is 4. The van der Waals surface area contributed by atoms with Gasteiger partial charge < -0.3 is 14.7 Å². The number of ether oxygens (including phenoxy) is 1. The summed E-state index contributed by atoms with van der Waals surface area (Å²) in [6, 6.07) is 7.75. The van der Waals surface area contributed by atoms with E-state index in [0.29, 0.717) is 12.2 Å². The molecule has 0 aliphatic carbocycles. The number of aliphatic carboxylic acids is 1. The smallest absolute Gasteiger partial charge is 0.328 e. The van der Waals surface area contributed by atoms with Crippen molar-refractivity contribution in [3.05, 3.63) is 35.4 Å². The third kappa shape index (κ3) is 2.95. The Balaban J connectivity index is 2.23. The standard InChI is InChI=1S/C14H14N2O4/c15-5-4-10-2-1-3-11(8-10)13(17)16-6-7-20-9-12(16)14(18)19/h1-3,8,12H,4,6-7,9H2,(H,18,19). The molecule has 1 N–H and O–H groups in total. The van der Waals surface area contributed by atoms with Crippen molar-refractivity contribution in [3.8, 4) is 6.07 Å². The number of carbonyl (C=O) groups excluding carboxylic acids is 1. The fourth-order valence-electron chi connectivity index (χ4n) is 2.12. The number of carboxylic acid groups (broad SMARTS) is 1. The Kier molecular flexibility index (Phi) is 4.33. The normalized spacial score (nSPS) is 18.4. The Morgan fingerprint density at radius 1 is 1.50 bits per heavy atom. The second-order valence-electron chi connectivity index (χ2n) is 4.46. The van der Waals surface area contributed by atoms with Crippen LogP contribution in [0.25, 0.3) is 0 Å². The van der Waals surface area contributed by atoms with E-state index >= 15 is 0 Å². The van der Waals surface area contributed by atoms with Crippen molar-refractivity contribution in [1.29, 1.82) is 5.26 Å². The molecule has 1 unspecified atom stereocenters. The number of rotatable bonds is 3. The van der Waals surface area contributed by atoms with Crippen LogP contribution in [0.3, 0.4) is 0 Å². The summed E-state index contributed by atoms with van der Waals surface area (Å²) in [4.78, 5) is 24.9. The zero-order valence-electron chi connectivity index (χ0n) is 10.8. The van der Waals surface area contributed by atoms with E-state index in [0.717, 1.165) is 5.56 Å². The third-order valence-corrected chi connectivity index (χ3v) is 3.13. The first-order valence-electron chi connectivity index (χ1n) is 6.21. The van der Waals surface area contributed by atoms with Gasteiger partial charge in [0, 0.05) is 12.1 Å². The summed E-state index contributed by atoms with van der Waals surface area (Å²) in [7, 11) is 0. The van der Waals surface area contributed by atoms with E-state index in [1.165, 1.54) is 4.90 Å². The van der Waals surface area contributed by atoms with Gasteiger partial charge >= 0.3 is 5.97 Å². The number of nitrogens with zero attached hydrogens (tertiary/aromatic N) is 2. The number of amides is 1. The minimum absolute atomic E-state index is 0.00103. The van der Waals surface area contributed by atoms with E-state index in [-0.39, 0.29) is 25.5 Å². The van der Waals surface area contributed by atoms with Crippen molar-refractivity contribution in [1.82, 2.24) is 4.90 Å². The van der Waals surface area contributed by atoms with Gasteiger partial charge in [0.2, 0.25) is 0 Å². The van der Waals surface area contributed by atoms with Crippen LogP contribution in [-0.4, -0.2) is 47.7 Å². The molecule has 1 atom stereocenters. The summed E-state index contributed by atoms with van der Waals surface area (Å²) in [6.07, 6.45) is 0.215. The SMILES string of the molecule is N#CCc1cccc(C(=O)N2CCOCC2C(=O)O)c1. The average Bonchev–Trinajstić information content (AvgIpc) is 2.47. The highest BCUT2D eigenvalue weighted by molar-refractivity contribution is 5.97. The number of carboxylic acids is 1. The molecule has 1 fully saturated rings. The average molecular weight is 274 g/mol. The van der Waals surface area contributed by atoms with Crippen LogP contribution in [0, 0.1) is 11.3 Å². The van der Waals surface area contributed by atoms with Crippen LogP contribution in [-0.2, 0) is 16.0 Å². The topological polar surface area (TPSA) is 90.6 Å². The zero-order chi connectivity index (χ0) is 14.5. The van der Waals surface area contributed by atoms with Gasteiger partial charge in [0.15, 0.2) is 6.04 Å². The summed E-state index contributed by atoms with van der Waals surface area (Å²) < 4.78 is 5.10. The largest absolute Gasteiger partial charge is 0.480 e. The molecule has 0 saturated carbocycles. The summed E-state index contributed by atoms with van der Waals surface area (Å²) >= 11 is 0. The van der Waals surface area contributed by atoms with Crippen LogP contribution in [0.4, 0.5) is 0 Å². The van der Waals surface area contributed by atoms with E-state index in [1.54, 1.807) is 24.3 Å². The highest BCUT2D eigenvalue weighted by Crippen LogP contribution is 2.14. The van der Waals surface area contributed by atoms with Crippen LogP contribution in [0.15, 0.2) is 24.3 Å². The van der Waals surface area contributed by atoms with Gasteiger partial charge in [-0.05, 0) is 17.7 Å². The van der Waals surface area contributed by atoms with Crippen molar-refractivity contribution in [2.24, 2.45) is 0 Å². The highest BCUT2D eigenvalue weighted by Gasteiger charge is 2.33. The van der Waals surface area contributed by atoms with Crippen LogP contribution in [0.5, 0.6) is 0 Å². The molecule has 2 rings (SSSR count). The maximum Gasteiger partial charge on any atom is 0.328 e. The highest BCUT2D eigenvalue weighted by atomic mass is 16.5. The fraction of sp³-hybridized carbons (Fsp3) is 0.357. The number of morpholine rings is 1. The van der Waals surface area contributed by atoms with E-state index in [4.69, 9.17) is 15.1 Å². The quantitative estimate of drug-likeness (QED) is 0.875. The van der Waals surface area contributed by atoms with E-state index in [1.807, 2.05) is 6.07 Å². The molecule has 1 aromatic carbocycles. The second kappa shape index (κ2) is 6.17. The summed E-state index contributed by atoms with van der Waals surface area (Å²) in [5.41, 5.74) is 1.13. The van der Waals surface area contributed by atoms with Gasteiger partial charge in [0.25, 0.3) is 5.91 Å². The molecular formula is C14H14N2O4. The molecule has 0 bridgehead atoms. The lowest BCUT2D eigenvalue weighted by molar-refractivity contribution is -0.147. The van der Waals surface area contributed by atoms with Crippen molar-refractivity contribution in [2.45, 2.75) is 12.5 Å². The Morgan fingerprint density at radius 2 is 2.30 bits per heavy atom. The molecule has 0 spiro atoms. The zero-order valence-corrected chi connectivity index (χ0v) is 10.8. The number of carbonyl (C=O) groups is 2. The lowest BCUT2D eigenvalue weighted by Crippen LogP contribution is -2.52. The molecule has 0 radical (unpaired) electrons. The summed E-state index contributed by atoms with van der Waals surface area (Å²) in [5.74, 6) is -1.42. The lowest BCUT2D eigenvalue weighted by Gasteiger charge is -2.32. The van der Waals surface area contributed by atoms with Crippen LogP contribution in [0.1, 0.15) is 15.9 Å². The van der Waals surface area contributed by atoms with Gasteiger partial charge in [0.05, 0.1) is 25.7 Å². The van der Waals surface area contributed by atoms with Crippen molar-refractivity contribution >= 4 is 11.9 Å². The Bertz CT molecular complexity index is 565. The monoisotopic (exact) mass is 274 g/mol. The molecule has 0 aromatic heterocycles. The minimum atomic E-state index is -1.08. The molecule has 1 saturated heterocycles. The molecule has 1 aliphatic heterocycles. The summed E-state index contributed by atoms with van der Waals surface area (Å²) in [6.45, 7) is 0.574. The second-order valence-corrected chi connectivity index (χ2v) is 4.46. The molecule has 104 valence electrons. The molecule has 1 heterocycles. The number of benzene rings is 1. The first kappa shape index (κ1) is 14.0. The summed E-state index contributed by atoms with van der Waals surface area (Å²) in [5, 5.41) is 17.8. The molecule has 6 nitrogen and oxygen atoms in total. The molecule has 1 amide bonds. The fourth-order valence-corrected chi connectivity index (χ4v) is 2.12. The van der Waals surface area contributed by atoms with Gasteiger partial charge in [-0.2, -0.15) is 5.26 Å². The van der Waals surface area contributed by atoms with Crippen LogP contribution >= 0.6 is 0 Å². The molecule has 1 aromatic rings. The first-order valence-corrected chi connectivity index (χ1v) is 6.21. The maximum absolute atomic E-state index is 12.4. The Labute approximate surface area is 116 Å². The molecule has 1 aliphatic rings. The number of hydrogen-bond donors (Lipinski definition) is 1. The Morgan fingerprint density at radius 3 is 3.00 bits per heavy atom. The van der Waals surface area contributed by atoms with Crippen molar-refractivity contribution in [3.63, 3.8) is 0 Å². The molecule has 6 heteroatoms. The predicted molar refractivity (Wildman–Crippen MR) is 69.0 cm³/mol. The predicted octanol–water partition coefficient (Wildman–Crippen LogP) is 0.678. The maximum atomic E-state index is 12.4. The third-order valence-electron chi connectivity index (χ3n) is 3.13. The van der Waals surface area contributed by atoms with Crippen LogP contribution < -0.4 is 0 Å². The van der Waals surface area contributed by atoms with Crippen LogP contribution in [0.2, 0.25) is 0 Å². The van der Waals surface area contributed by atoms with Gasteiger partial charge in [-0.1, -0.05) is 12.1 Å².